The van der Waals surface area contributed by atoms with Gasteiger partial charge in [-0.05, 0) is 19.3 Å². The van der Waals surface area contributed by atoms with Crippen LogP contribution in [0.15, 0.2) is 6.20 Å². The van der Waals surface area contributed by atoms with Crippen LogP contribution in [0, 0.1) is 0 Å². The molecule has 110 valence electrons. The van der Waals surface area contributed by atoms with Gasteiger partial charge in [0.1, 0.15) is 12.2 Å². The molecule has 1 aromatic rings. The number of carboxylic acid groups (broad SMARTS) is 1. The first-order valence-corrected chi connectivity index (χ1v) is 6.62. The predicted molar refractivity (Wildman–Crippen MR) is 67.7 cm³/mol. The Balaban J connectivity index is 1.72. The topological polar surface area (TPSA) is 106 Å². The van der Waals surface area contributed by atoms with Gasteiger partial charge in [-0.15, -0.1) is 5.10 Å². The number of hydrogen-bond donors (Lipinski definition) is 2. The highest BCUT2D eigenvalue weighted by Crippen LogP contribution is 2.15. The van der Waals surface area contributed by atoms with Crippen LogP contribution in [0.3, 0.4) is 0 Å². The van der Waals surface area contributed by atoms with Crippen molar-refractivity contribution in [2.24, 2.45) is 0 Å². The monoisotopic (exact) mass is 282 g/mol. The average Bonchev–Trinajstić information content (AvgIpc) is 2.84. The normalized spacial score (nSPS) is 18.7. The first kappa shape index (κ1) is 14.4. The number of hydrogen-bond acceptors (Lipinski definition) is 5. The second-order valence-electron chi connectivity index (χ2n) is 4.77. The highest BCUT2D eigenvalue weighted by atomic mass is 16.5. The molecule has 1 aromatic heterocycles. The van der Waals surface area contributed by atoms with Crippen molar-refractivity contribution in [2.45, 2.75) is 44.9 Å². The number of nitrogens with zero attached hydrogens (tertiary/aromatic N) is 3. The van der Waals surface area contributed by atoms with Crippen molar-refractivity contribution >= 4 is 11.9 Å². The van der Waals surface area contributed by atoms with Crippen LogP contribution >= 0.6 is 0 Å². The van der Waals surface area contributed by atoms with Crippen LogP contribution < -0.4 is 5.32 Å². The Labute approximate surface area is 116 Å². The maximum atomic E-state index is 11.7. The molecule has 2 rings (SSSR count). The van der Waals surface area contributed by atoms with Gasteiger partial charge in [-0.1, -0.05) is 5.21 Å². The number of carbonyl (C=O) groups is 2. The molecular formula is C12H18N4O4. The number of amides is 1. The van der Waals surface area contributed by atoms with Gasteiger partial charge in [0.15, 0.2) is 0 Å². The SMILES string of the molecule is O=C(O)Cn1cc(CNC(=O)CC2CCCCO2)nn1. The van der Waals surface area contributed by atoms with Crippen molar-refractivity contribution in [1.82, 2.24) is 20.3 Å². The summed E-state index contributed by atoms with van der Waals surface area (Å²) in [5, 5.41) is 18.8. The molecule has 8 heteroatoms. The Hall–Kier alpha value is -1.96. The third-order valence-electron chi connectivity index (χ3n) is 3.04. The molecule has 1 atom stereocenters. The van der Waals surface area contributed by atoms with E-state index >= 15 is 0 Å². The molecule has 0 radical (unpaired) electrons. The van der Waals surface area contributed by atoms with Crippen LogP contribution in [0.2, 0.25) is 0 Å². The van der Waals surface area contributed by atoms with E-state index in [9.17, 15) is 9.59 Å². The van der Waals surface area contributed by atoms with Crippen molar-refractivity contribution in [3.05, 3.63) is 11.9 Å². The molecule has 0 aromatic carbocycles. The lowest BCUT2D eigenvalue weighted by Gasteiger charge is -2.21. The Morgan fingerprint density at radius 3 is 3.05 bits per heavy atom. The fourth-order valence-corrected chi connectivity index (χ4v) is 2.07. The molecule has 1 aliphatic rings. The molecule has 8 nitrogen and oxygen atoms in total. The summed E-state index contributed by atoms with van der Waals surface area (Å²) in [4.78, 5) is 22.2. The van der Waals surface area contributed by atoms with Crippen LogP contribution in [-0.2, 0) is 27.4 Å². The molecule has 2 N–H and O–H groups in total. The third kappa shape index (κ3) is 4.61. The Morgan fingerprint density at radius 1 is 1.50 bits per heavy atom. The second-order valence-corrected chi connectivity index (χ2v) is 4.77. The quantitative estimate of drug-likeness (QED) is 0.757. The van der Waals surface area contributed by atoms with Gasteiger partial charge in [0.2, 0.25) is 5.91 Å². The highest BCUT2D eigenvalue weighted by molar-refractivity contribution is 5.76. The van der Waals surface area contributed by atoms with E-state index in [-0.39, 0.29) is 25.1 Å². The number of carbonyl (C=O) groups excluding carboxylic acids is 1. The van der Waals surface area contributed by atoms with Gasteiger partial charge in [0.25, 0.3) is 0 Å². The van der Waals surface area contributed by atoms with Crippen LogP contribution in [0.4, 0.5) is 0 Å². The fraction of sp³-hybridized carbons (Fsp3) is 0.667. The zero-order valence-electron chi connectivity index (χ0n) is 11.1. The first-order chi connectivity index (χ1) is 9.63. The number of ether oxygens (including phenoxy) is 1. The highest BCUT2D eigenvalue weighted by Gasteiger charge is 2.17. The van der Waals surface area contributed by atoms with E-state index in [0.717, 1.165) is 25.9 Å². The van der Waals surface area contributed by atoms with Crippen molar-refractivity contribution in [1.29, 1.82) is 0 Å². The molecule has 2 heterocycles. The number of carboxylic acids is 1. The summed E-state index contributed by atoms with van der Waals surface area (Å²) in [5.74, 6) is -1.08. The zero-order valence-corrected chi connectivity index (χ0v) is 11.1. The third-order valence-corrected chi connectivity index (χ3v) is 3.04. The molecule has 1 aliphatic heterocycles. The second kappa shape index (κ2) is 6.99. The molecule has 0 aliphatic carbocycles. The Kier molecular flexibility index (Phi) is 5.05. The van der Waals surface area contributed by atoms with Crippen LogP contribution in [0.1, 0.15) is 31.4 Å². The summed E-state index contributed by atoms with van der Waals surface area (Å²) in [6.07, 6.45) is 4.94. The molecule has 1 saturated heterocycles. The van der Waals surface area contributed by atoms with Crippen LogP contribution in [0.5, 0.6) is 0 Å². The van der Waals surface area contributed by atoms with E-state index in [1.165, 1.54) is 10.9 Å². The molecule has 1 unspecified atom stereocenters. The van der Waals surface area contributed by atoms with Crippen molar-refractivity contribution in [2.75, 3.05) is 6.61 Å². The molecular weight excluding hydrogens is 264 g/mol. The van der Waals surface area contributed by atoms with Gasteiger partial charge in [-0.3, -0.25) is 9.59 Å². The lowest BCUT2D eigenvalue weighted by atomic mass is 10.1. The minimum atomic E-state index is -0.986. The maximum Gasteiger partial charge on any atom is 0.325 e. The van der Waals surface area contributed by atoms with Crippen molar-refractivity contribution in [3.63, 3.8) is 0 Å². The summed E-state index contributed by atoms with van der Waals surface area (Å²) in [7, 11) is 0. The summed E-state index contributed by atoms with van der Waals surface area (Å²) < 4.78 is 6.71. The number of rotatable bonds is 6. The molecule has 0 bridgehead atoms. The van der Waals surface area contributed by atoms with Gasteiger partial charge in [0, 0.05) is 6.61 Å². The Bertz CT molecular complexity index is 468. The zero-order chi connectivity index (χ0) is 14.4. The Morgan fingerprint density at radius 2 is 2.35 bits per heavy atom. The number of aliphatic carboxylic acids is 1. The summed E-state index contributed by atoms with van der Waals surface area (Å²) in [6.45, 7) is 0.726. The van der Waals surface area contributed by atoms with Gasteiger partial charge in [-0.25, -0.2) is 4.68 Å². The fourth-order valence-electron chi connectivity index (χ4n) is 2.07. The average molecular weight is 282 g/mol. The number of nitrogens with one attached hydrogen (secondary N) is 1. The van der Waals surface area contributed by atoms with Gasteiger partial charge in [-0.2, -0.15) is 0 Å². The van der Waals surface area contributed by atoms with Gasteiger partial charge in [0.05, 0.1) is 25.3 Å². The summed E-state index contributed by atoms with van der Waals surface area (Å²) in [5.41, 5.74) is 0.532. The molecule has 20 heavy (non-hydrogen) atoms. The van der Waals surface area contributed by atoms with Crippen molar-refractivity contribution in [3.8, 4) is 0 Å². The predicted octanol–water partition coefficient (Wildman–Crippen LogP) is -0.0619. The molecule has 1 amide bonds. The first-order valence-electron chi connectivity index (χ1n) is 6.62. The van der Waals surface area contributed by atoms with E-state index in [0.29, 0.717) is 12.1 Å². The molecule has 0 saturated carbocycles. The van der Waals surface area contributed by atoms with Crippen LogP contribution in [0.25, 0.3) is 0 Å². The molecule has 1 fully saturated rings. The van der Waals surface area contributed by atoms with E-state index in [1.54, 1.807) is 0 Å². The van der Waals surface area contributed by atoms with E-state index in [4.69, 9.17) is 9.84 Å². The summed E-state index contributed by atoms with van der Waals surface area (Å²) in [6, 6.07) is 0. The summed E-state index contributed by atoms with van der Waals surface area (Å²) >= 11 is 0. The minimum absolute atomic E-state index is 0.00597. The minimum Gasteiger partial charge on any atom is -0.480 e. The molecule has 0 spiro atoms. The van der Waals surface area contributed by atoms with Crippen LogP contribution in [-0.4, -0.2) is 44.7 Å². The van der Waals surface area contributed by atoms with Gasteiger partial charge < -0.3 is 15.2 Å². The van der Waals surface area contributed by atoms with E-state index < -0.39 is 5.97 Å². The van der Waals surface area contributed by atoms with Crippen molar-refractivity contribution < 1.29 is 19.4 Å². The lowest BCUT2D eigenvalue weighted by molar-refractivity contribution is -0.138. The van der Waals surface area contributed by atoms with E-state index in [1.807, 2.05) is 0 Å². The standard InChI is InChI=1S/C12H18N4O4/c17-11(5-10-3-1-2-4-20-10)13-6-9-7-16(15-14-9)8-12(18)19/h7,10H,1-6,8H2,(H,13,17)(H,18,19). The van der Waals surface area contributed by atoms with Gasteiger partial charge >= 0.3 is 5.97 Å². The number of aromatic nitrogens is 3. The smallest absolute Gasteiger partial charge is 0.325 e. The van der Waals surface area contributed by atoms with E-state index in [2.05, 4.69) is 15.6 Å². The maximum absolute atomic E-state index is 11.7. The largest absolute Gasteiger partial charge is 0.480 e. The lowest BCUT2D eigenvalue weighted by Crippen LogP contribution is -2.30.